The van der Waals surface area contributed by atoms with E-state index in [4.69, 9.17) is 0 Å². The van der Waals surface area contributed by atoms with Gasteiger partial charge in [-0.1, -0.05) is 23.8 Å². The van der Waals surface area contributed by atoms with Crippen molar-refractivity contribution >= 4 is 27.5 Å². The van der Waals surface area contributed by atoms with Crippen LogP contribution >= 0.6 is 11.3 Å². The minimum Gasteiger partial charge on any atom is -0.507 e. The molecule has 0 atom stereocenters. The van der Waals surface area contributed by atoms with E-state index in [2.05, 4.69) is 10.3 Å². The van der Waals surface area contributed by atoms with Crippen LogP contribution in [-0.4, -0.2) is 22.5 Å². The highest BCUT2D eigenvalue weighted by Crippen LogP contribution is 2.22. The maximum atomic E-state index is 12.1. The van der Waals surface area contributed by atoms with E-state index in [0.29, 0.717) is 18.5 Å². The molecule has 0 saturated heterocycles. The number of thiazole rings is 1. The zero-order valence-electron chi connectivity index (χ0n) is 12.2. The molecule has 1 heterocycles. The van der Waals surface area contributed by atoms with Crippen LogP contribution in [0.15, 0.2) is 42.5 Å². The van der Waals surface area contributed by atoms with Crippen molar-refractivity contribution in [1.29, 1.82) is 0 Å². The quantitative estimate of drug-likeness (QED) is 0.777. The number of nitrogens with one attached hydrogen (secondary N) is 1. The molecule has 0 saturated carbocycles. The molecule has 0 aliphatic carbocycles. The normalized spacial score (nSPS) is 10.8. The topological polar surface area (TPSA) is 62.2 Å². The van der Waals surface area contributed by atoms with Gasteiger partial charge in [-0.05, 0) is 31.2 Å². The highest BCUT2D eigenvalue weighted by molar-refractivity contribution is 7.18. The molecule has 3 aromatic rings. The minimum atomic E-state index is -0.262. The predicted octanol–water partition coefficient (Wildman–Crippen LogP) is 3.28. The second kappa shape index (κ2) is 6.15. The lowest BCUT2D eigenvalue weighted by Gasteiger charge is -2.06. The van der Waals surface area contributed by atoms with Gasteiger partial charge in [0, 0.05) is 13.0 Å². The molecular weight excluding hydrogens is 296 g/mol. The standard InChI is InChI=1S/C17H16N2O2S/c1-11-6-7-14(20)12(10-11)17(21)18-9-8-16-19-13-4-2-3-5-15(13)22-16/h2-7,10,20H,8-9H2,1H3,(H,18,21). The van der Waals surface area contributed by atoms with Gasteiger partial charge in [0.1, 0.15) is 5.75 Å². The lowest BCUT2D eigenvalue weighted by molar-refractivity contribution is 0.0951. The van der Waals surface area contributed by atoms with Gasteiger partial charge in [0.05, 0.1) is 20.8 Å². The number of phenols is 1. The van der Waals surface area contributed by atoms with Gasteiger partial charge in [-0.2, -0.15) is 0 Å². The van der Waals surface area contributed by atoms with Crippen LogP contribution in [-0.2, 0) is 6.42 Å². The smallest absolute Gasteiger partial charge is 0.255 e. The first kappa shape index (κ1) is 14.5. The average Bonchev–Trinajstić information content (AvgIpc) is 2.92. The van der Waals surface area contributed by atoms with Crippen LogP contribution in [0.5, 0.6) is 5.75 Å². The van der Waals surface area contributed by atoms with Gasteiger partial charge in [-0.25, -0.2) is 4.98 Å². The first-order valence-corrected chi connectivity index (χ1v) is 7.87. The van der Waals surface area contributed by atoms with Gasteiger partial charge in [-0.3, -0.25) is 4.79 Å². The summed E-state index contributed by atoms with van der Waals surface area (Å²) in [6, 6.07) is 13.0. The summed E-state index contributed by atoms with van der Waals surface area (Å²) >= 11 is 1.64. The number of aryl methyl sites for hydroxylation is 1. The highest BCUT2D eigenvalue weighted by atomic mass is 32.1. The number of amides is 1. The van der Waals surface area contributed by atoms with E-state index >= 15 is 0 Å². The Morgan fingerprint density at radius 1 is 1.27 bits per heavy atom. The second-order valence-electron chi connectivity index (χ2n) is 5.10. The Morgan fingerprint density at radius 2 is 2.09 bits per heavy atom. The summed E-state index contributed by atoms with van der Waals surface area (Å²) in [5.41, 5.74) is 2.24. The first-order chi connectivity index (χ1) is 10.6. The maximum absolute atomic E-state index is 12.1. The molecule has 0 radical (unpaired) electrons. The van der Waals surface area contributed by atoms with E-state index in [0.717, 1.165) is 20.8 Å². The molecule has 1 aromatic heterocycles. The van der Waals surface area contributed by atoms with Gasteiger partial charge in [0.15, 0.2) is 0 Å². The van der Waals surface area contributed by atoms with Gasteiger partial charge < -0.3 is 10.4 Å². The Morgan fingerprint density at radius 3 is 2.91 bits per heavy atom. The fraction of sp³-hybridized carbons (Fsp3) is 0.176. The summed E-state index contributed by atoms with van der Waals surface area (Å²) in [5, 5.41) is 13.6. The first-order valence-electron chi connectivity index (χ1n) is 7.06. The molecule has 0 aliphatic heterocycles. The third-order valence-electron chi connectivity index (χ3n) is 3.36. The Bertz CT molecular complexity index is 793. The summed E-state index contributed by atoms with van der Waals surface area (Å²) in [4.78, 5) is 16.6. The lowest BCUT2D eigenvalue weighted by Crippen LogP contribution is -2.25. The number of benzene rings is 2. The van der Waals surface area contributed by atoms with Crippen LogP contribution in [0.25, 0.3) is 10.2 Å². The van der Waals surface area contributed by atoms with Crippen LogP contribution in [0, 0.1) is 6.92 Å². The van der Waals surface area contributed by atoms with Crippen molar-refractivity contribution in [3.8, 4) is 5.75 Å². The van der Waals surface area contributed by atoms with Crippen molar-refractivity contribution in [2.75, 3.05) is 6.54 Å². The molecular formula is C17H16N2O2S. The van der Waals surface area contributed by atoms with Crippen molar-refractivity contribution in [3.63, 3.8) is 0 Å². The molecule has 4 nitrogen and oxygen atoms in total. The van der Waals surface area contributed by atoms with Crippen LogP contribution in [0.3, 0.4) is 0 Å². The van der Waals surface area contributed by atoms with E-state index < -0.39 is 0 Å². The van der Waals surface area contributed by atoms with E-state index in [1.807, 2.05) is 31.2 Å². The molecule has 112 valence electrons. The fourth-order valence-corrected chi connectivity index (χ4v) is 3.20. The van der Waals surface area contributed by atoms with E-state index in [-0.39, 0.29) is 11.7 Å². The molecule has 22 heavy (non-hydrogen) atoms. The van der Waals surface area contributed by atoms with Gasteiger partial charge in [0.2, 0.25) is 0 Å². The van der Waals surface area contributed by atoms with Gasteiger partial charge in [-0.15, -0.1) is 11.3 Å². The number of rotatable bonds is 4. The Hall–Kier alpha value is -2.40. The number of nitrogens with zero attached hydrogens (tertiary/aromatic N) is 1. The van der Waals surface area contributed by atoms with Gasteiger partial charge in [0.25, 0.3) is 5.91 Å². The third-order valence-corrected chi connectivity index (χ3v) is 4.46. The molecule has 0 spiro atoms. The maximum Gasteiger partial charge on any atom is 0.255 e. The minimum absolute atomic E-state index is 0.00286. The summed E-state index contributed by atoms with van der Waals surface area (Å²) in [5.74, 6) is -0.259. The summed E-state index contributed by atoms with van der Waals surface area (Å²) in [7, 11) is 0. The van der Waals surface area contributed by atoms with Crippen LogP contribution < -0.4 is 5.32 Å². The Labute approximate surface area is 132 Å². The number of fused-ring (bicyclic) bond motifs is 1. The Balaban J connectivity index is 1.62. The number of aromatic hydroxyl groups is 1. The molecule has 5 heteroatoms. The zero-order chi connectivity index (χ0) is 15.5. The molecule has 2 aromatic carbocycles. The largest absolute Gasteiger partial charge is 0.507 e. The van der Waals surface area contributed by atoms with E-state index in [1.165, 1.54) is 6.07 Å². The number of carbonyl (C=O) groups excluding carboxylic acids is 1. The number of hydrogen-bond donors (Lipinski definition) is 2. The summed E-state index contributed by atoms with van der Waals surface area (Å²) in [6.45, 7) is 2.38. The van der Waals surface area contributed by atoms with Crippen LogP contribution in [0.4, 0.5) is 0 Å². The van der Waals surface area contributed by atoms with E-state index in [9.17, 15) is 9.90 Å². The highest BCUT2D eigenvalue weighted by Gasteiger charge is 2.11. The monoisotopic (exact) mass is 312 g/mol. The molecule has 1 amide bonds. The fourth-order valence-electron chi connectivity index (χ4n) is 2.24. The van der Waals surface area contributed by atoms with Crippen molar-refractivity contribution < 1.29 is 9.90 Å². The van der Waals surface area contributed by atoms with Crippen molar-refractivity contribution in [2.45, 2.75) is 13.3 Å². The third kappa shape index (κ3) is 3.09. The number of phenolic OH excluding ortho intramolecular Hbond substituents is 1. The summed E-state index contributed by atoms with van der Waals surface area (Å²) < 4.78 is 1.15. The van der Waals surface area contributed by atoms with Crippen molar-refractivity contribution in [3.05, 3.63) is 58.6 Å². The molecule has 3 rings (SSSR count). The lowest BCUT2D eigenvalue weighted by atomic mass is 10.1. The van der Waals surface area contributed by atoms with Crippen LogP contribution in [0.2, 0.25) is 0 Å². The average molecular weight is 312 g/mol. The SMILES string of the molecule is Cc1ccc(O)c(C(=O)NCCc2nc3ccccc3s2)c1. The number of hydrogen-bond acceptors (Lipinski definition) is 4. The Kier molecular flexibility index (Phi) is 4.06. The van der Waals surface area contributed by atoms with Gasteiger partial charge >= 0.3 is 0 Å². The predicted molar refractivity (Wildman–Crippen MR) is 88.5 cm³/mol. The molecule has 0 bridgehead atoms. The summed E-state index contributed by atoms with van der Waals surface area (Å²) in [6.07, 6.45) is 0.678. The van der Waals surface area contributed by atoms with Crippen molar-refractivity contribution in [2.24, 2.45) is 0 Å². The molecule has 0 fully saturated rings. The molecule has 0 aliphatic rings. The number of para-hydroxylation sites is 1. The number of aromatic nitrogens is 1. The second-order valence-corrected chi connectivity index (χ2v) is 6.22. The van der Waals surface area contributed by atoms with Crippen molar-refractivity contribution in [1.82, 2.24) is 10.3 Å². The zero-order valence-corrected chi connectivity index (χ0v) is 13.0. The number of carbonyl (C=O) groups is 1. The van der Waals surface area contributed by atoms with Crippen LogP contribution in [0.1, 0.15) is 20.9 Å². The molecule has 0 unspecified atom stereocenters. The van der Waals surface area contributed by atoms with E-state index in [1.54, 1.807) is 23.5 Å². The molecule has 2 N–H and O–H groups in total.